The first-order valence-corrected chi connectivity index (χ1v) is 10.1. The molecule has 0 atom stereocenters. The van der Waals surface area contributed by atoms with Crippen molar-refractivity contribution < 1.29 is 14.0 Å². The molecule has 0 N–H and O–H groups in total. The molecule has 3 heteroatoms. The van der Waals surface area contributed by atoms with Crippen LogP contribution in [0.5, 0.6) is 0 Å². The summed E-state index contributed by atoms with van der Waals surface area (Å²) in [6.45, 7) is 2.19. The Hall–Kier alpha value is -1.35. The van der Waals surface area contributed by atoms with Gasteiger partial charge < -0.3 is 9.22 Å². The van der Waals surface area contributed by atoms with Crippen molar-refractivity contribution in [3.05, 3.63) is 35.9 Å². The van der Waals surface area contributed by atoms with Crippen molar-refractivity contribution in [1.29, 1.82) is 0 Å². The van der Waals surface area contributed by atoms with E-state index in [1.54, 1.807) is 0 Å². The molecular formula is C22H34NO2+. The second kappa shape index (κ2) is 7.90. The second-order valence-electron chi connectivity index (χ2n) is 8.70. The number of carbonyl (C=O) groups is 1. The van der Waals surface area contributed by atoms with Gasteiger partial charge in [0.05, 0.1) is 32.6 Å². The molecule has 3 nitrogen and oxygen atoms in total. The van der Waals surface area contributed by atoms with E-state index in [1.165, 1.54) is 19.3 Å². The smallest absolute Gasteiger partial charge is 0.316 e. The zero-order valence-electron chi connectivity index (χ0n) is 16.0. The molecule has 1 aliphatic carbocycles. The van der Waals surface area contributed by atoms with Gasteiger partial charge in [0.15, 0.2) is 0 Å². The SMILES string of the molecule is C[N+]1(C)CCC(OC(=O)C2(c3ccccc3)CCCCCCC2)CC1. The number of carbonyl (C=O) groups excluding carboxylic acids is 1. The second-order valence-corrected chi connectivity index (χ2v) is 8.70. The van der Waals surface area contributed by atoms with Crippen molar-refractivity contribution in [1.82, 2.24) is 0 Å². The van der Waals surface area contributed by atoms with E-state index in [-0.39, 0.29) is 12.1 Å². The van der Waals surface area contributed by atoms with Crippen molar-refractivity contribution in [3.8, 4) is 0 Å². The number of ether oxygens (including phenoxy) is 1. The van der Waals surface area contributed by atoms with Crippen LogP contribution in [-0.4, -0.2) is 43.7 Å². The van der Waals surface area contributed by atoms with E-state index < -0.39 is 5.41 Å². The lowest BCUT2D eigenvalue weighted by molar-refractivity contribution is -0.896. The summed E-state index contributed by atoms with van der Waals surface area (Å²) in [6, 6.07) is 10.4. The Balaban J connectivity index is 1.78. The van der Waals surface area contributed by atoms with Crippen LogP contribution in [-0.2, 0) is 14.9 Å². The van der Waals surface area contributed by atoms with Crippen LogP contribution in [0.4, 0.5) is 0 Å². The molecule has 0 aromatic heterocycles. The lowest BCUT2D eigenvalue weighted by atomic mass is 9.71. The maximum Gasteiger partial charge on any atom is 0.316 e. The van der Waals surface area contributed by atoms with Gasteiger partial charge in [0.25, 0.3) is 0 Å². The quantitative estimate of drug-likeness (QED) is 0.598. The van der Waals surface area contributed by atoms with Gasteiger partial charge in [-0.05, 0) is 18.4 Å². The number of esters is 1. The Bertz CT molecular complexity index is 549. The van der Waals surface area contributed by atoms with E-state index in [9.17, 15) is 4.79 Å². The molecule has 0 amide bonds. The molecule has 1 aromatic rings. The van der Waals surface area contributed by atoms with E-state index in [0.29, 0.717) is 0 Å². The summed E-state index contributed by atoms with van der Waals surface area (Å²) in [5.41, 5.74) is 0.734. The molecule has 0 radical (unpaired) electrons. The molecule has 3 rings (SSSR count). The topological polar surface area (TPSA) is 26.3 Å². The Kier molecular flexibility index (Phi) is 5.83. The van der Waals surface area contributed by atoms with Gasteiger partial charge in [-0.3, -0.25) is 4.79 Å². The summed E-state index contributed by atoms with van der Waals surface area (Å²) in [7, 11) is 4.52. The molecule has 0 bridgehead atoms. The number of rotatable bonds is 3. The molecule has 138 valence electrons. The van der Waals surface area contributed by atoms with Crippen molar-refractivity contribution >= 4 is 5.97 Å². The lowest BCUT2D eigenvalue weighted by Gasteiger charge is -2.39. The summed E-state index contributed by atoms with van der Waals surface area (Å²) in [4.78, 5) is 13.4. The van der Waals surface area contributed by atoms with Crippen molar-refractivity contribution in [3.63, 3.8) is 0 Å². The predicted molar refractivity (Wildman–Crippen MR) is 101 cm³/mol. The van der Waals surface area contributed by atoms with Crippen molar-refractivity contribution in [2.75, 3.05) is 27.2 Å². The maximum absolute atomic E-state index is 13.4. The minimum absolute atomic E-state index is 0.0396. The number of hydrogen-bond donors (Lipinski definition) is 0. The third kappa shape index (κ3) is 4.44. The zero-order valence-corrected chi connectivity index (χ0v) is 16.0. The van der Waals surface area contributed by atoms with Gasteiger partial charge in [-0.2, -0.15) is 0 Å². The van der Waals surface area contributed by atoms with Gasteiger partial charge >= 0.3 is 5.97 Å². The molecule has 1 aromatic carbocycles. The van der Waals surface area contributed by atoms with Gasteiger partial charge in [-0.15, -0.1) is 0 Å². The highest BCUT2D eigenvalue weighted by molar-refractivity contribution is 5.83. The summed E-state index contributed by atoms with van der Waals surface area (Å²) < 4.78 is 7.17. The predicted octanol–water partition coefficient (Wildman–Crippen LogP) is 4.45. The molecule has 2 fully saturated rings. The van der Waals surface area contributed by atoms with Gasteiger partial charge in [-0.1, -0.05) is 62.4 Å². The summed E-state index contributed by atoms with van der Waals surface area (Å²) >= 11 is 0. The summed E-state index contributed by atoms with van der Waals surface area (Å²) in [6.07, 6.45) is 9.96. The molecule has 1 aliphatic heterocycles. The molecule has 2 aliphatic rings. The van der Waals surface area contributed by atoms with Crippen molar-refractivity contribution in [2.24, 2.45) is 0 Å². The molecular weight excluding hydrogens is 310 g/mol. The minimum atomic E-state index is -0.427. The van der Waals surface area contributed by atoms with Crippen LogP contribution in [0.2, 0.25) is 0 Å². The number of benzene rings is 1. The normalized spacial score (nSPS) is 24.1. The number of hydrogen-bond acceptors (Lipinski definition) is 2. The van der Waals surface area contributed by atoms with Crippen LogP contribution in [0.25, 0.3) is 0 Å². The van der Waals surface area contributed by atoms with E-state index in [2.05, 4.69) is 38.4 Å². The van der Waals surface area contributed by atoms with Gasteiger partial charge in [-0.25, -0.2) is 0 Å². The summed E-state index contributed by atoms with van der Waals surface area (Å²) in [5, 5.41) is 0. The molecule has 1 heterocycles. The van der Waals surface area contributed by atoms with Crippen LogP contribution in [0, 0.1) is 0 Å². The molecule has 0 unspecified atom stereocenters. The van der Waals surface area contributed by atoms with E-state index in [0.717, 1.165) is 61.7 Å². The highest BCUT2D eigenvalue weighted by Crippen LogP contribution is 2.39. The lowest BCUT2D eigenvalue weighted by Crippen LogP contribution is -2.49. The van der Waals surface area contributed by atoms with Crippen LogP contribution in [0.3, 0.4) is 0 Å². The van der Waals surface area contributed by atoms with Crippen LogP contribution < -0.4 is 0 Å². The zero-order chi connectivity index (χ0) is 17.8. The van der Waals surface area contributed by atoms with E-state index >= 15 is 0 Å². The van der Waals surface area contributed by atoms with Crippen LogP contribution in [0.15, 0.2) is 30.3 Å². The number of quaternary nitrogens is 1. The number of likely N-dealkylation sites (tertiary alicyclic amines) is 1. The first-order chi connectivity index (χ1) is 12.0. The molecule has 0 spiro atoms. The number of piperidine rings is 1. The first-order valence-electron chi connectivity index (χ1n) is 10.1. The van der Waals surface area contributed by atoms with Gasteiger partial charge in [0.2, 0.25) is 0 Å². The monoisotopic (exact) mass is 344 g/mol. The Morgan fingerprint density at radius 3 is 2.12 bits per heavy atom. The average Bonchev–Trinajstić information content (AvgIpc) is 2.58. The fraction of sp³-hybridized carbons (Fsp3) is 0.682. The average molecular weight is 345 g/mol. The number of nitrogens with zero attached hydrogens (tertiary/aromatic N) is 1. The highest BCUT2D eigenvalue weighted by Gasteiger charge is 2.43. The standard InChI is InChI=1S/C22H34NO2/c1-23(2)17-13-20(14-18-23)25-21(24)22(19-11-7-6-8-12-19)15-9-4-3-5-10-16-22/h6-8,11-12,20H,3-5,9-10,13-18H2,1-2H3/q+1. The Labute approximate surface area is 153 Å². The molecule has 25 heavy (non-hydrogen) atoms. The fourth-order valence-electron chi connectivity index (χ4n) is 4.50. The Morgan fingerprint density at radius 1 is 0.960 bits per heavy atom. The molecule has 1 saturated carbocycles. The fourth-order valence-corrected chi connectivity index (χ4v) is 4.50. The Morgan fingerprint density at radius 2 is 1.52 bits per heavy atom. The largest absolute Gasteiger partial charge is 0.461 e. The first kappa shape index (κ1) is 18.4. The van der Waals surface area contributed by atoms with E-state index in [4.69, 9.17) is 4.74 Å². The minimum Gasteiger partial charge on any atom is -0.461 e. The van der Waals surface area contributed by atoms with Crippen LogP contribution in [0.1, 0.15) is 63.4 Å². The highest BCUT2D eigenvalue weighted by atomic mass is 16.5. The van der Waals surface area contributed by atoms with E-state index in [1.807, 2.05) is 6.07 Å². The third-order valence-corrected chi connectivity index (χ3v) is 6.31. The van der Waals surface area contributed by atoms with Gasteiger partial charge in [0, 0.05) is 12.8 Å². The van der Waals surface area contributed by atoms with Gasteiger partial charge in [0.1, 0.15) is 6.10 Å². The molecule has 1 saturated heterocycles. The van der Waals surface area contributed by atoms with Crippen LogP contribution >= 0.6 is 0 Å². The van der Waals surface area contributed by atoms with Crippen molar-refractivity contribution in [2.45, 2.75) is 69.3 Å². The maximum atomic E-state index is 13.4. The third-order valence-electron chi connectivity index (χ3n) is 6.31. The summed E-state index contributed by atoms with van der Waals surface area (Å²) in [5.74, 6) is 0.0396.